The van der Waals surface area contributed by atoms with Gasteiger partial charge < -0.3 is 0 Å². The standard InChI is InChI=1S/C14H17N3O3S/c1-3-9-8(2)21-13(15-9)17-11(19)14(6-4-5-7-14)10(18)16-12(17)20/h3-7H2,1-2H3,(H,16,18,20). The minimum atomic E-state index is -1.07. The van der Waals surface area contributed by atoms with Gasteiger partial charge in [-0.3, -0.25) is 14.9 Å². The number of rotatable bonds is 2. The molecule has 3 rings (SSSR count). The molecule has 1 spiro atoms. The number of imide groups is 2. The number of urea groups is 1. The summed E-state index contributed by atoms with van der Waals surface area (Å²) in [5.41, 5.74) is -0.187. The van der Waals surface area contributed by atoms with Gasteiger partial charge in [-0.2, -0.15) is 0 Å². The van der Waals surface area contributed by atoms with Crippen LogP contribution in [0.3, 0.4) is 0 Å². The molecule has 1 aromatic rings. The van der Waals surface area contributed by atoms with Crippen molar-refractivity contribution in [1.29, 1.82) is 0 Å². The van der Waals surface area contributed by atoms with Crippen LogP contribution < -0.4 is 10.2 Å². The predicted molar refractivity (Wildman–Crippen MR) is 78.2 cm³/mol. The number of aromatic nitrogens is 1. The number of hydrogen-bond donors (Lipinski definition) is 1. The molecule has 4 amide bonds. The maximum absolute atomic E-state index is 12.8. The highest BCUT2D eigenvalue weighted by Gasteiger charge is 2.56. The second-order valence-corrected chi connectivity index (χ2v) is 6.72. The molecule has 2 heterocycles. The van der Waals surface area contributed by atoms with E-state index in [1.54, 1.807) is 0 Å². The maximum Gasteiger partial charge on any atom is 0.337 e. The fraction of sp³-hybridized carbons (Fsp3) is 0.571. The van der Waals surface area contributed by atoms with Crippen LogP contribution in [0, 0.1) is 12.3 Å². The number of aryl methyl sites for hydroxylation is 2. The Kier molecular flexibility index (Phi) is 3.32. The number of carbonyl (C=O) groups is 3. The van der Waals surface area contributed by atoms with Crippen LogP contribution in [0.25, 0.3) is 0 Å². The van der Waals surface area contributed by atoms with Crippen LogP contribution in [-0.2, 0) is 16.0 Å². The number of amides is 4. The summed E-state index contributed by atoms with van der Waals surface area (Å²) in [7, 11) is 0. The van der Waals surface area contributed by atoms with Gasteiger partial charge in [0.1, 0.15) is 5.41 Å². The minimum absolute atomic E-state index is 0.366. The largest absolute Gasteiger partial charge is 0.337 e. The monoisotopic (exact) mass is 307 g/mol. The van der Waals surface area contributed by atoms with Gasteiger partial charge in [0.25, 0.3) is 5.91 Å². The van der Waals surface area contributed by atoms with E-state index in [1.807, 2.05) is 13.8 Å². The van der Waals surface area contributed by atoms with Gasteiger partial charge in [-0.05, 0) is 26.2 Å². The van der Waals surface area contributed by atoms with Gasteiger partial charge in [0.2, 0.25) is 11.0 Å². The second kappa shape index (κ2) is 4.91. The Bertz CT molecular complexity index is 631. The highest BCUT2D eigenvalue weighted by Crippen LogP contribution is 2.43. The van der Waals surface area contributed by atoms with Crippen molar-refractivity contribution in [3.8, 4) is 0 Å². The zero-order valence-electron chi connectivity index (χ0n) is 12.1. The molecule has 1 saturated carbocycles. The number of thiazole rings is 1. The molecule has 2 aliphatic rings. The third kappa shape index (κ3) is 1.98. The van der Waals surface area contributed by atoms with Gasteiger partial charge >= 0.3 is 6.03 Å². The van der Waals surface area contributed by atoms with Crippen molar-refractivity contribution in [2.75, 3.05) is 4.90 Å². The Morgan fingerprint density at radius 2 is 1.95 bits per heavy atom. The molecule has 0 atom stereocenters. The molecule has 2 fully saturated rings. The van der Waals surface area contributed by atoms with E-state index < -0.39 is 23.3 Å². The first-order valence-electron chi connectivity index (χ1n) is 7.16. The second-order valence-electron chi connectivity index (χ2n) is 5.54. The van der Waals surface area contributed by atoms with Gasteiger partial charge in [-0.1, -0.05) is 19.8 Å². The van der Waals surface area contributed by atoms with E-state index in [0.29, 0.717) is 18.0 Å². The van der Waals surface area contributed by atoms with Gasteiger partial charge in [-0.15, -0.1) is 11.3 Å². The molecule has 6 nitrogen and oxygen atoms in total. The molecule has 1 aliphatic heterocycles. The van der Waals surface area contributed by atoms with Crippen molar-refractivity contribution >= 4 is 34.3 Å². The summed E-state index contributed by atoms with van der Waals surface area (Å²) < 4.78 is 0. The van der Waals surface area contributed by atoms with E-state index in [1.165, 1.54) is 11.3 Å². The fourth-order valence-corrected chi connectivity index (χ4v) is 4.10. The quantitative estimate of drug-likeness (QED) is 0.849. The Morgan fingerprint density at radius 3 is 2.52 bits per heavy atom. The zero-order valence-corrected chi connectivity index (χ0v) is 12.9. The van der Waals surface area contributed by atoms with Gasteiger partial charge in [0.05, 0.1) is 5.69 Å². The van der Waals surface area contributed by atoms with Crippen LogP contribution in [0.15, 0.2) is 0 Å². The summed E-state index contributed by atoms with van der Waals surface area (Å²) >= 11 is 1.32. The Morgan fingerprint density at radius 1 is 1.29 bits per heavy atom. The van der Waals surface area contributed by atoms with E-state index in [4.69, 9.17) is 0 Å². The lowest BCUT2D eigenvalue weighted by atomic mass is 9.82. The lowest BCUT2D eigenvalue weighted by Gasteiger charge is -2.35. The third-order valence-electron chi connectivity index (χ3n) is 4.34. The number of nitrogens with one attached hydrogen (secondary N) is 1. The summed E-state index contributed by atoms with van der Waals surface area (Å²) in [6, 6.07) is -0.682. The Balaban J connectivity index is 2.02. The molecule has 1 aliphatic carbocycles. The highest BCUT2D eigenvalue weighted by molar-refractivity contribution is 7.16. The SMILES string of the molecule is CCc1nc(N2C(=O)NC(=O)C3(CCCC3)C2=O)sc1C. The average Bonchev–Trinajstić information content (AvgIpc) is 3.05. The first-order valence-corrected chi connectivity index (χ1v) is 7.97. The summed E-state index contributed by atoms with van der Waals surface area (Å²) in [5, 5.41) is 2.70. The van der Waals surface area contributed by atoms with Crippen molar-refractivity contribution in [2.45, 2.75) is 46.0 Å². The lowest BCUT2D eigenvalue weighted by molar-refractivity contribution is -0.142. The molecule has 0 unspecified atom stereocenters. The molecule has 1 saturated heterocycles. The van der Waals surface area contributed by atoms with Gasteiger partial charge in [0, 0.05) is 4.88 Å². The summed E-state index contributed by atoms with van der Waals surface area (Å²) in [6.45, 7) is 3.90. The Hall–Kier alpha value is -1.76. The van der Waals surface area contributed by atoms with Crippen molar-refractivity contribution in [3.05, 3.63) is 10.6 Å². The van der Waals surface area contributed by atoms with E-state index in [9.17, 15) is 14.4 Å². The van der Waals surface area contributed by atoms with Crippen molar-refractivity contribution in [3.63, 3.8) is 0 Å². The van der Waals surface area contributed by atoms with Crippen molar-refractivity contribution in [1.82, 2.24) is 10.3 Å². The molecule has 0 radical (unpaired) electrons. The van der Waals surface area contributed by atoms with Gasteiger partial charge in [-0.25, -0.2) is 14.7 Å². The topological polar surface area (TPSA) is 79.4 Å². The first-order chi connectivity index (χ1) is 9.99. The molecule has 1 N–H and O–H groups in total. The van der Waals surface area contributed by atoms with Crippen LogP contribution in [0.4, 0.5) is 9.93 Å². The number of barbiturate groups is 1. The van der Waals surface area contributed by atoms with Crippen LogP contribution in [0.5, 0.6) is 0 Å². The summed E-state index contributed by atoms with van der Waals surface area (Å²) in [6.07, 6.45) is 3.42. The first kappa shape index (κ1) is 14.2. The van der Waals surface area contributed by atoms with Crippen molar-refractivity contribution < 1.29 is 14.4 Å². The highest BCUT2D eigenvalue weighted by atomic mass is 32.1. The normalized spacial score (nSPS) is 21.2. The maximum atomic E-state index is 12.8. The number of carbonyl (C=O) groups excluding carboxylic acids is 3. The molecule has 112 valence electrons. The lowest BCUT2D eigenvalue weighted by Crippen LogP contribution is -2.63. The smallest absolute Gasteiger partial charge is 0.276 e. The zero-order chi connectivity index (χ0) is 15.2. The molecular formula is C14H17N3O3S. The fourth-order valence-electron chi connectivity index (χ4n) is 3.11. The van der Waals surface area contributed by atoms with Crippen LogP contribution in [0.1, 0.15) is 43.2 Å². The molecule has 21 heavy (non-hydrogen) atoms. The molecule has 7 heteroatoms. The van der Waals surface area contributed by atoms with Gasteiger partial charge in [0.15, 0.2) is 0 Å². The number of anilines is 1. The number of nitrogens with zero attached hydrogens (tertiary/aromatic N) is 2. The van der Waals surface area contributed by atoms with E-state index in [0.717, 1.165) is 34.7 Å². The van der Waals surface area contributed by atoms with E-state index in [2.05, 4.69) is 10.3 Å². The number of hydrogen-bond acceptors (Lipinski definition) is 5. The molecule has 1 aromatic heterocycles. The summed E-state index contributed by atoms with van der Waals surface area (Å²) in [4.78, 5) is 43.5. The molecular weight excluding hydrogens is 290 g/mol. The van der Waals surface area contributed by atoms with Crippen LogP contribution >= 0.6 is 11.3 Å². The molecule has 0 aromatic carbocycles. The van der Waals surface area contributed by atoms with E-state index in [-0.39, 0.29) is 0 Å². The average molecular weight is 307 g/mol. The summed E-state index contributed by atoms with van der Waals surface area (Å²) in [5.74, 6) is -0.861. The van der Waals surface area contributed by atoms with E-state index >= 15 is 0 Å². The minimum Gasteiger partial charge on any atom is -0.276 e. The van der Waals surface area contributed by atoms with Crippen LogP contribution in [0.2, 0.25) is 0 Å². The van der Waals surface area contributed by atoms with Crippen LogP contribution in [-0.4, -0.2) is 22.8 Å². The molecule has 0 bridgehead atoms. The third-order valence-corrected chi connectivity index (χ3v) is 5.33. The predicted octanol–water partition coefficient (Wildman–Crippen LogP) is 2.16. The Labute approximate surface area is 126 Å². The van der Waals surface area contributed by atoms with Crippen molar-refractivity contribution in [2.24, 2.45) is 5.41 Å².